The highest BCUT2D eigenvalue weighted by Gasteiger charge is 2.23. The molecule has 1 saturated heterocycles. The Labute approximate surface area is 186 Å². The third kappa shape index (κ3) is 5.56. The van der Waals surface area contributed by atoms with Crippen LogP contribution in [0.15, 0.2) is 42.5 Å². The van der Waals surface area contributed by atoms with E-state index in [9.17, 15) is 14.9 Å². The van der Waals surface area contributed by atoms with Gasteiger partial charge in [-0.3, -0.25) is 20.2 Å². The van der Waals surface area contributed by atoms with Gasteiger partial charge in [0.05, 0.1) is 18.1 Å². The summed E-state index contributed by atoms with van der Waals surface area (Å²) in [6.07, 6.45) is 0.969. The first-order chi connectivity index (χ1) is 14.9. The van der Waals surface area contributed by atoms with Crippen LogP contribution in [0.2, 0.25) is 0 Å². The largest absolute Gasteiger partial charge is 0.378 e. The van der Waals surface area contributed by atoms with Gasteiger partial charge in [0.1, 0.15) is 5.69 Å². The molecule has 2 aromatic carbocycles. The lowest BCUT2D eigenvalue weighted by molar-refractivity contribution is -0.384. The number of carbonyl (C=O) groups excluding carboxylic acids is 1. The highest BCUT2D eigenvalue weighted by atomic mass is 32.1. The number of nitrogens with zero attached hydrogens (tertiary/aromatic N) is 2. The van der Waals surface area contributed by atoms with Crippen LogP contribution < -0.4 is 15.5 Å². The molecule has 0 saturated carbocycles. The van der Waals surface area contributed by atoms with Gasteiger partial charge in [-0.1, -0.05) is 32.0 Å². The highest BCUT2D eigenvalue weighted by Crippen LogP contribution is 2.30. The van der Waals surface area contributed by atoms with Crippen LogP contribution in [-0.4, -0.2) is 42.2 Å². The van der Waals surface area contributed by atoms with Crippen LogP contribution in [0.25, 0.3) is 0 Å². The van der Waals surface area contributed by atoms with Crippen molar-refractivity contribution in [3.05, 3.63) is 63.7 Å². The maximum absolute atomic E-state index is 12.7. The van der Waals surface area contributed by atoms with Gasteiger partial charge < -0.3 is 15.0 Å². The average molecular weight is 443 g/mol. The Kier molecular flexibility index (Phi) is 7.54. The third-order valence-corrected chi connectivity index (χ3v) is 5.57. The molecule has 0 bridgehead atoms. The van der Waals surface area contributed by atoms with Crippen molar-refractivity contribution in [2.45, 2.75) is 26.2 Å². The van der Waals surface area contributed by atoms with Crippen LogP contribution in [0.1, 0.15) is 42.1 Å². The summed E-state index contributed by atoms with van der Waals surface area (Å²) in [7, 11) is 0. The van der Waals surface area contributed by atoms with Crippen molar-refractivity contribution in [2.24, 2.45) is 0 Å². The number of carbonyl (C=O) groups is 1. The van der Waals surface area contributed by atoms with Crippen molar-refractivity contribution in [3.8, 4) is 0 Å². The maximum atomic E-state index is 12.7. The first-order valence-corrected chi connectivity index (χ1v) is 10.6. The molecular formula is C22H26N4O4S. The quantitative estimate of drug-likeness (QED) is 0.395. The van der Waals surface area contributed by atoms with E-state index in [1.807, 2.05) is 29.2 Å². The first-order valence-electron chi connectivity index (χ1n) is 10.2. The van der Waals surface area contributed by atoms with E-state index >= 15 is 0 Å². The topological polar surface area (TPSA) is 96.7 Å². The molecule has 1 aliphatic rings. The standard InChI is InChI=1S/C22H26N4O4S/c1-3-15(2)17-6-4-5-7-18(17)23-22(31)24-21(27)16-8-9-19(20(14-16)26(28)29)25-10-12-30-13-11-25/h4-9,14-15H,3,10-13H2,1-2H3,(H2,23,24,27,31)/t15-/m0/s1. The molecule has 2 aromatic rings. The molecule has 31 heavy (non-hydrogen) atoms. The number of hydrogen-bond acceptors (Lipinski definition) is 6. The zero-order valence-corrected chi connectivity index (χ0v) is 18.4. The van der Waals surface area contributed by atoms with E-state index in [1.54, 1.807) is 12.1 Å². The summed E-state index contributed by atoms with van der Waals surface area (Å²) < 4.78 is 5.31. The number of ether oxygens (including phenoxy) is 1. The molecule has 0 aromatic heterocycles. The summed E-state index contributed by atoms with van der Waals surface area (Å²) in [6, 6.07) is 12.2. The number of morpholine rings is 1. The average Bonchev–Trinajstić information content (AvgIpc) is 2.79. The molecule has 9 heteroatoms. The zero-order valence-electron chi connectivity index (χ0n) is 17.6. The molecule has 0 spiro atoms. The molecule has 1 aliphatic heterocycles. The summed E-state index contributed by atoms with van der Waals surface area (Å²) >= 11 is 5.31. The smallest absolute Gasteiger partial charge is 0.293 e. The van der Waals surface area contributed by atoms with Crippen molar-refractivity contribution in [1.29, 1.82) is 0 Å². The van der Waals surface area contributed by atoms with Gasteiger partial charge in [-0.2, -0.15) is 0 Å². The lowest BCUT2D eigenvalue weighted by atomic mass is 9.97. The van der Waals surface area contributed by atoms with Crippen molar-refractivity contribution >= 4 is 40.3 Å². The number of rotatable bonds is 6. The van der Waals surface area contributed by atoms with Gasteiger partial charge >= 0.3 is 0 Å². The summed E-state index contributed by atoms with van der Waals surface area (Å²) in [5, 5.41) is 17.4. The normalized spacial score (nSPS) is 14.6. The monoisotopic (exact) mass is 442 g/mol. The van der Waals surface area contributed by atoms with Gasteiger partial charge in [0.25, 0.3) is 11.6 Å². The summed E-state index contributed by atoms with van der Waals surface area (Å²) in [6.45, 7) is 6.38. The Morgan fingerprint density at radius 2 is 1.97 bits per heavy atom. The molecule has 8 nitrogen and oxygen atoms in total. The fourth-order valence-electron chi connectivity index (χ4n) is 3.47. The molecule has 0 unspecified atom stereocenters. The molecule has 2 N–H and O–H groups in total. The molecule has 1 fully saturated rings. The Bertz CT molecular complexity index is 976. The lowest BCUT2D eigenvalue weighted by Crippen LogP contribution is -2.37. The minimum atomic E-state index is -0.504. The van der Waals surface area contributed by atoms with E-state index < -0.39 is 10.8 Å². The molecular weight excluding hydrogens is 416 g/mol. The fraction of sp³-hybridized carbons (Fsp3) is 0.364. The van der Waals surface area contributed by atoms with Crippen molar-refractivity contribution in [1.82, 2.24) is 5.32 Å². The number of thiocarbonyl (C=S) groups is 1. The minimum Gasteiger partial charge on any atom is -0.378 e. The van der Waals surface area contributed by atoms with Crippen LogP contribution >= 0.6 is 12.2 Å². The van der Waals surface area contributed by atoms with E-state index in [4.69, 9.17) is 17.0 Å². The second-order valence-electron chi connectivity index (χ2n) is 7.36. The van der Waals surface area contributed by atoms with Crippen molar-refractivity contribution in [2.75, 3.05) is 36.5 Å². The maximum Gasteiger partial charge on any atom is 0.293 e. The molecule has 1 amide bonds. The Balaban J connectivity index is 1.74. The molecule has 1 atom stereocenters. The Morgan fingerprint density at radius 1 is 1.26 bits per heavy atom. The molecule has 3 rings (SSSR count). The van der Waals surface area contributed by atoms with E-state index in [2.05, 4.69) is 24.5 Å². The van der Waals surface area contributed by atoms with Gasteiger partial charge in [0, 0.05) is 30.4 Å². The van der Waals surface area contributed by atoms with Crippen LogP contribution in [0.4, 0.5) is 17.1 Å². The summed E-state index contributed by atoms with van der Waals surface area (Å²) in [5.41, 5.74) is 2.47. The van der Waals surface area contributed by atoms with E-state index in [0.717, 1.165) is 17.7 Å². The number of nitro benzene ring substituents is 1. The third-order valence-electron chi connectivity index (χ3n) is 5.37. The lowest BCUT2D eigenvalue weighted by Gasteiger charge is -2.28. The molecule has 164 valence electrons. The number of anilines is 2. The van der Waals surface area contributed by atoms with Crippen LogP contribution in [0.3, 0.4) is 0 Å². The fourth-order valence-corrected chi connectivity index (χ4v) is 3.67. The highest BCUT2D eigenvalue weighted by molar-refractivity contribution is 7.80. The molecule has 1 heterocycles. The van der Waals surface area contributed by atoms with Crippen LogP contribution in [-0.2, 0) is 4.74 Å². The van der Waals surface area contributed by atoms with Crippen LogP contribution in [0, 0.1) is 10.1 Å². The van der Waals surface area contributed by atoms with E-state index in [-0.39, 0.29) is 16.4 Å². The van der Waals surface area contributed by atoms with Gasteiger partial charge in [0.2, 0.25) is 0 Å². The number of nitrogens with one attached hydrogen (secondary N) is 2. The van der Waals surface area contributed by atoms with Crippen molar-refractivity contribution < 1.29 is 14.5 Å². The van der Waals surface area contributed by atoms with E-state index in [0.29, 0.717) is 37.9 Å². The molecule has 0 aliphatic carbocycles. The van der Waals surface area contributed by atoms with Gasteiger partial charge in [-0.25, -0.2) is 0 Å². The number of hydrogen-bond donors (Lipinski definition) is 2. The number of para-hydroxylation sites is 1. The number of benzene rings is 2. The SMILES string of the molecule is CC[C@H](C)c1ccccc1NC(=S)NC(=O)c1ccc(N2CCOCC2)c([N+](=O)[O-])c1. The summed E-state index contributed by atoms with van der Waals surface area (Å²) in [4.78, 5) is 25.7. The number of amides is 1. The van der Waals surface area contributed by atoms with Crippen molar-refractivity contribution in [3.63, 3.8) is 0 Å². The van der Waals surface area contributed by atoms with Gasteiger partial charge in [0.15, 0.2) is 5.11 Å². The van der Waals surface area contributed by atoms with Gasteiger partial charge in [-0.05, 0) is 48.3 Å². The van der Waals surface area contributed by atoms with Gasteiger partial charge in [-0.15, -0.1) is 0 Å². The Hall–Kier alpha value is -3.04. The second-order valence-corrected chi connectivity index (χ2v) is 7.77. The second kappa shape index (κ2) is 10.3. The Morgan fingerprint density at radius 3 is 2.65 bits per heavy atom. The first kappa shape index (κ1) is 22.6. The van der Waals surface area contributed by atoms with E-state index in [1.165, 1.54) is 6.07 Å². The molecule has 0 radical (unpaired) electrons. The van der Waals surface area contributed by atoms with Crippen LogP contribution in [0.5, 0.6) is 0 Å². The zero-order chi connectivity index (χ0) is 22.4. The number of nitro groups is 1. The summed E-state index contributed by atoms with van der Waals surface area (Å²) in [5.74, 6) is -0.173. The minimum absolute atomic E-state index is 0.115. The predicted octanol–water partition coefficient (Wildman–Crippen LogP) is 4.07. The predicted molar refractivity (Wildman–Crippen MR) is 125 cm³/mol.